The third-order valence-electron chi connectivity index (χ3n) is 6.29. The van der Waals surface area contributed by atoms with Crippen LogP contribution < -0.4 is 16.0 Å². The molecule has 5 rings (SSSR count). The van der Waals surface area contributed by atoms with Crippen molar-refractivity contribution in [2.24, 2.45) is 0 Å². The van der Waals surface area contributed by atoms with Crippen LogP contribution in [0.25, 0.3) is 27.5 Å². The van der Waals surface area contributed by atoms with Crippen LogP contribution in [0.4, 0.5) is 0 Å². The number of piperidine rings is 1. The van der Waals surface area contributed by atoms with Gasteiger partial charge in [-0.3, -0.25) is 18.7 Å². The first kappa shape index (κ1) is 23.0. The number of hydrogen-bond donors (Lipinski definition) is 0. The van der Waals surface area contributed by atoms with Crippen LogP contribution in [0.2, 0.25) is 5.02 Å². The van der Waals surface area contributed by atoms with Crippen molar-refractivity contribution < 1.29 is 4.74 Å². The highest BCUT2D eigenvalue weighted by Crippen LogP contribution is 2.32. The van der Waals surface area contributed by atoms with Gasteiger partial charge >= 0.3 is 5.69 Å². The van der Waals surface area contributed by atoms with Gasteiger partial charge in [0.15, 0.2) is 0 Å². The maximum Gasteiger partial charge on any atom is 0.336 e. The Morgan fingerprint density at radius 3 is 2.59 bits per heavy atom. The van der Waals surface area contributed by atoms with E-state index in [9.17, 15) is 9.59 Å². The summed E-state index contributed by atoms with van der Waals surface area (Å²) in [5.41, 5.74) is 0.914. The number of aromatic nitrogens is 3. The summed E-state index contributed by atoms with van der Waals surface area (Å²) >= 11 is 8.02. The van der Waals surface area contributed by atoms with E-state index in [0.717, 1.165) is 37.1 Å². The Labute approximate surface area is 206 Å². The van der Waals surface area contributed by atoms with Crippen molar-refractivity contribution in [2.75, 3.05) is 26.0 Å². The maximum atomic E-state index is 14.0. The fourth-order valence-electron chi connectivity index (χ4n) is 4.77. The zero-order chi connectivity index (χ0) is 23.8. The van der Waals surface area contributed by atoms with Gasteiger partial charge in [0.25, 0.3) is 5.56 Å². The molecule has 0 amide bonds. The molecule has 7 nitrogen and oxygen atoms in total. The molecule has 3 heterocycles. The molecule has 0 atom stereocenters. The largest absolute Gasteiger partial charge is 0.494 e. The lowest BCUT2D eigenvalue weighted by atomic mass is 10.0. The molecule has 0 radical (unpaired) electrons. The standard InChI is InChI=1S/C25H25ClN4O3S/c1-3-34-28-12-10-17(11-13-28)29-23-19-8-5-9-21(33-2)22(19)27-15-20(23)24(31)30(25(29)32)18-7-4-6-16(26)14-18/h4-9,14-15,17H,3,10-13H2,1-2H3. The van der Waals surface area contributed by atoms with Crippen LogP contribution in [-0.2, 0) is 0 Å². The van der Waals surface area contributed by atoms with Crippen LogP contribution in [0.1, 0.15) is 25.8 Å². The molecule has 0 bridgehead atoms. The van der Waals surface area contributed by atoms with E-state index in [1.54, 1.807) is 42.1 Å². The van der Waals surface area contributed by atoms with E-state index in [2.05, 4.69) is 16.2 Å². The van der Waals surface area contributed by atoms with Gasteiger partial charge in [0.1, 0.15) is 11.3 Å². The molecule has 34 heavy (non-hydrogen) atoms. The number of benzene rings is 2. The Balaban J connectivity index is 1.83. The Morgan fingerprint density at radius 2 is 1.88 bits per heavy atom. The fraction of sp³-hybridized carbons (Fsp3) is 0.320. The predicted molar refractivity (Wildman–Crippen MR) is 139 cm³/mol. The molecule has 1 fully saturated rings. The zero-order valence-corrected chi connectivity index (χ0v) is 20.6. The van der Waals surface area contributed by atoms with E-state index >= 15 is 0 Å². The summed E-state index contributed by atoms with van der Waals surface area (Å²) in [5.74, 6) is 1.62. The van der Waals surface area contributed by atoms with Gasteiger partial charge in [-0.15, -0.1) is 0 Å². The predicted octanol–water partition coefficient (Wildman–Crippen LogP) is 4.67. The molecule has 4 aromatic rings. The van der Waals surface area contributed by atoms with Crippen molar-refractivity contribution in [3.05, 3.63) is 74.5 Å². The van der Waals surface area contributed by atoms with Gasteiger partial charge in [-0.05, 0) is 37.1 Å². The molecule has 176 valence electrons. The summed E-state index contributed by atoms with van der Waals surface area (Å²) in [6.45, 7) is 3.89. The number of nitrogens with zero attached hydrogens (tertiary/aromatic N) is 4. The van der Waals surface area contributed by atoms with E-state index in [1.165, 1.54) is 4.57 Å². The number of halogens is 1. The van der Waals surface area contributed by atoms with Crippen LogP contribution in [-0.4, -0.2) is 44.4 Å². The summed E-state index contributed by atoms with van der Waals surface area (Å²) < 4.78 is 10.9. The Morgan fingerprint density at radius 1 is 1.12 bits per heavy atom. The van der Waals surface area contributed by atoms with Crippen molar-refractivity contribution in [1.82, 2.24) is 18.4 Å². The molecule has 0 aliphatic carbocycles. The van der Waals surface area contributed by atoms with Gasteiger partial charge in [-0.1, -0.05) is 48.7 Å². The highest BCUT2D eigenvalue weighted by molar-refractivity contribution is 7.96. The van der Waals surface area contributed by atoms with Crippen LogP contribution in [0.3, 0.4) is 0 Å². The third-order valence-corrected chi connectivity index (χ3v) is 7.51. The minimum atomic E-state index is -0.408. The summed E-state index contributed by atoms with van der Waals surface area (Å²) in [6.07, 6.45) is 3.18. The van der Waals surface area contributed by atoms with Crippen molar-refractivity contribution in [3.8, 4) is 11.4 Å². The molecule has 2 aromatic carbocycles. The van der Waals surface area contributed by atoms with Crippen LogP contribution in [0.15, 0.2) is 58.3 Å². The first-order valence-corrected chi connectivity index (χ1v) is 12.6. The van der Waals surface area contributed by atoms with Crippen molar-refractivity contribution >= 4 is 45.4 Å². The summed E-state index contributed by atoms with van der Waals surface area (Å²) in [7, 11) is 1.59. The zero-order valence-electron chi connectivity index (χ0n) is 19.0. The monoisotopic (exact) mass is 496 g/mol. The van der Waals surface area contributed by atoms with Crippen molar-refractivity contribution in [2.45, 2.75) is 25.8 Å². The molecule has 0 spiro atoms. The van der Waals surface area contributed by atoms with Gasteiger partial charge in [0, 0.05) is 41.5 Å². The molecule has 0 unspecified atom stereocenters. The molecule has 1 aliphatic heterocycles. The number of pyridine rings is 1. The summed E-state index contributed by atoms with van der Waals surface area (Å²) in [4.78, 5) is 32.2. The number of para-hydroxylation sites is 1. The normalized spacial score (nSPS) is 15.3. The first-order chi connectivity index (χ1) is 16.5. The summed E-state index contributed by atoms with van der Waals surface area (Å²) in [6, 6.07) is 12.4. The van der Waals surface area contributed by atoms with Gasteiger partial charge in [-0.25, -0.2) is 9.36 Å². The lowest BCUT2D eigenvalue weighted by molar-refractivity contribution is 0.288. The summed E-state index contributed by atoms with van der Waals surface area (Å²) in [5, 5.41) is 1.59. The molecular weight excluding hydrogens is 472 g/mol. The third kappa shape index (κ3) is 3.89. The van der Waals surface area contributed by atoms with Crippen molar-refractivity contribution in [3.63, 3.8) is 0 Å². The van der Waals surface area contributed by atoms with Crippen molar-refractivity contribution in [1.29, 1.82) is 0 Å². The van der Waals surface area contributed by atoms with E-state index in [1.807, 2.05) is 30.1 Å². The smallest absolute Gasteiger partial charge is 0.336 e. The molecule has 0 saturated carbocycles. The maximum absolute atomic E-state index is 14.0. The SMILES string of the molecule is CCSN1CCC(n2c(=O)n(-c3cccc(Cl)c3)c(=O)c3cnc4c(OC)cccc4c32)CC1. The van der Waals surface area contributed by atoms with E-state index in [0.29, 0.717) is 32.9 Å². The lowest BCUT2D eigenvalue weighted by Gasteiger charge is -2.32. The minimum absolute atomic E-state index is 0.0495. The number of methoxy groups -OCH3 is 1. The molecule has 9 heteroatoms. The number of rotatable bonds is 5. The highest BCUT2D eigenvalue weighted by atomic mass is 35.5. The van der Waals surface area contributed by atoms with Gasteiger partial charge in [0.2, 0.25) is 0 Å². The average molecular weight is 497 g/mol. The van der Waals surface area contributed by atoms with Gasteiger partial charge < -0.3 is 4.74 Å². The Hall–Kier alpha value is -2.81. The second-order valence-electron chi connectivity index (χ2n) is 8.23. The number of hydrogen-bond acceptors (Lipinski definition) is 6. The molecular formula is C25H25ClN4O3S. The topological polar surface area (TPSA) is 69.4 Å². The average Bonchev–Trinajstić information content (AvgIpc) is 2.85. The second-order valence-corrected chi connectivity index (χ2v) is 10.0. The molecule has 2 aromatic heterocycles. The van der Waals surface area contributed by atoms with Gasteiger partial charge in [0.05, 0.1) is 23.7 Å². The van der Waals surface area contributed by atoms with E-state index in [4.69, 9.17) is 16.3 Å². The second kappa shape index (κ2) is 9.44. The quantitative estimate of drug-likeness (QED) is 0.295. The fourth-order valence-corrected chi connectivity index (χ4v) is 5.79. The lowest BCUT2D eigenvalue weighted by Crippen LogP contribution is -2.43. The number of fused-ring (bicyclic) bond motifs is 3. The molecule has 1 saturated heterocycles. The Kier molecular flexibility index (Phi) is 6.38. The number of ether oxygens (including phenoxy) is 1. The molecule has 1 aliphatic rings. The van der Waals surface area contributed by atoms with Crippen LogP contribution in [0, 0.1) is 0 Å². The van der Waals surface area contributed by atoms with E-state index in [-0.39, 0.29) is 11.7 Å². The Bertz CT molecular complexity index is 1490. The van der Waals surface area contributed by atoms with Crippen LogP contribution >= 0.6 is 23.5 Å². The van der Waals surface area contributed by atoms with E-state index < -0.39 is 5.56 Å². The minimum Gasteiger partial charge on any atom is -0.494 e. The first-order valence-electron chi connectivity index (χ1n) is 11.3. The van der Waals surface area contributed by atoms with Crippen LogP contribution in [0.5, 0.6) is 5.75 Å². The molecule has 0 N–H and O–H groups in total. The highest BCUT2D eigenvalue weighted by Gasteiger charge is 2.27. The van der Waals surface area contributed by atoms with Gasteiger partial charge in [-0.2, -0.15) is 0 Å².